The van der Waals surface area contributed by atoms with Crippen molar-refractivity contribution in [2.45, 2.75) is 54.8 Å². The Morgan fingerprint density at radius 2 is 1.56 bits per heavy atom. The fourth-order valence-electron chi connectivity index (χ4n) is 2.69. The molecule has 13 heteroatoms. The van der Waals surface area contributed by atoms with Crippen molar-refractivity contribution in [3.8, 4) is 0 Å². The van der Waals surface area contributed by atoms with Crippen LogP contribution in [0.2, 0.25) is 0 Å². The Kier molecular flexibility index (Phi) is 9.35. The maximum atomic E-state index is 10.0. The smallest absolute Gasteiger partial charge is 1.00 e. The van der Waals surface area contributed by atoms with Gasteiger partial charge in [0, 0.05) is 0 Å². The molecular weight excluding hydrogens is 376 g/mol. The summed E-state index contributed by atoms with van der Waals surface area (Å²) < 4.78 is 15.5. The van der Waals surface area contributed by atoms with Gasteiger partial charge in [0.25, 0.3) is 0 Å². The summed E-state index contributed by atoms with van der Waals surface area (Å²) in [6, 6.07) is 0. The third-order valence-corrected chi connectivity index (χ3v) is 4.13. The predicted molar refractivity (Wildman–Crippen MR) is 78.1 cm³/mol. The summed E-state index contributed by atoms with van der Waals surface area (Å²) in [7, 11) is 0. The molecule has 2 saturated heterocycles. The molecule has 0 spiro atoms. The molecule has 0 saturated carbocycles. The van der Waals surface area contributed by atoms with Gasteiger partial charge >= 0.3 is 37.7 Å². The molecule has 0 amide bonds. The van der Waals surface area contributed by atoms with Gasteiger partial charge in [0.15, 0.2) is 6.29 Å². The van der Waals surface area contributed by atoms with Gasteiger partial charge in [-0.3, -0.25) is 5.26 Å². The summed E-state index contributed by atoms with van der Waals surface area (Å²) in [6.45, 7) is -2.23. The molecule has 2 aliphatic rings. The van der Waals surface area contributed by atoms with Gasteiger partial charge in [-0.15, -0.1) is 0 Å². The van der Waals surface area contributed by atoms with Crippen molar-refractivity contribution in [2.75, 3.05) is 19.8 Å². The second-order valence-electron chi connectivity index (χ2n) is 5.67. The predicted octanol–water partition coefficient (Wildman–Crippen LogP) is -5.05. The van der Waals surface area contributed by atoms with Crippen molar-refractivity contribution in [1.82, 2.24) is 0 Å². The zero-order valence-electron chi connectivity index (χ0n) is 15.2. The fourth-order valence-corrected chi connectivity index (χ4v) is 2.69. The van der Waals surface area contributed by atoms with Crippen LogP contribution in [0.3, 0.4) is 0 Å². The van der Waals surface area contributed by atoms with Crippen LogP contribution in [-0.4, -0.2) is 153 Å². The van der Waals surface area contributed by atoms with Gasteiger partial charge in [0.1, 0.15) is 55.9 Å². The molecule has 2 rings (SSSR count). The van der Waals surface area contributed by atoms with Gasteiger partial charge in [0.05, 0.1) is 6.61 Å². The molecule has 8 N–H and O–H groups in total. The van der Waals surface area contributed by atoms with Crippen molar-refractivity contribution in [1.29, 1.82) is 0 Å². The van der Waals surface area contributed by atoms with Gasteiger partial charge in [-0.1, -0.05) is 0 Å². The number of hydrogen-bond donors (Lipinski definition) is 8. The summed E-state index contributed by atoms with van der Waals surface area (Å²) in [6.07, 6.45) is -12.8. The largest absolute Gasteiger partial charge is 2.00 e. The molecule has 25 heavy (non-hydrogen) atoms. The fraction of sp³-hybridized carbons (Fsp3) is 1.00. The van der Waals surface area contributed by atoms with E-state index in [0.29, 0.717) is 0 Å². The van der Waals surface area contributed by atoms with Gasteiger partial charge in [-0.2, -0.15) is 0 Å². The van der Waals surface area contributed by atoms with E-state index in [0.717, 1.165) is 0 Å². The topological polar surface area (TPSA) is 199 Å². The average molecular weight is 400 g/mol. The number of ether oxygens (including phenoxy) is 3. The Morgan fingerprint density at radius 1 is 0.920 bits per heavy atom. The summed E-state index contributed by atoms with van der Waals surface area (Å²) in [5.41, 5.74) is 0. The van der Waals surface area contributed by atoms with E-state index in [9.17, 15) is 30.6 Å². The average Bonchev–Trinajstić information content (AvgIpc) is 2.82. The maximum absolute atomic E-state index is 10.0. The Hall–Kier alpha value is 0.780. The van der Waals surface area contributed by atoms with Crippen molar-refractivity contribution in [3.63, 3.8) is 0 Å². The van der Waals surface area contributed by atoms with Crippen molar-refractivity contribution in [2.24, 2.45) is 0 Å². The summed E-state index contributed by atoms with van der Waals surface area (Å²) in [4.78, 5) is 3.84. The number of aliphatic hydroxyl groups excluding tert-OH is 7. The Bertz CT molecular complexity index is 426. The molecule has 0 aromatic rings. The molecule has 9 atom stereocenters. The Labute approximate surface area is 175 Å². The van der Waals surface area contributed by atoms with Crippen LogP contribution in [0.5, 0.6) is 0 Å². The SMILES string of the molecule is OC[C@H]1O[C@@](CO)(O[C@H]2O[C@H](COO)[C@@H](O)[C@H](O)[C@H]2O)[C@@H](O)[C@@H]1O.[Ca+2].[H-].[H-]. The van der Waals surface area contributed by atoms with E-state index in [4.69, 9.17) is 24.6 Å². The molecule has 0 aromatic carbocycles. The van der Waals surface area contributed by atoms with E-state index in [1.807, 2.05) is 0 Å². The first-order valence-electron chi connectivity index (χ1n) is 7.20. The van der Waals surface area contributed by atoms with Crippen LogP contribution < -0.4 is 0 Å². The van der Waals surface area contributed by atoms with Crippen molar-refractivity contribution in [3.05, 3.63) is 0 Å². The number of rotatable bonds is 6. The molecule has 0 unspecified atom stereocenters. The first-order valence-corrected chi connectivity index (χ1v) is 7.20. The van der Waals surface area contributed by atoms with Gasteiger partial charge < -0.3 is 52.8 Å². The molecule has 0 aliphatic carbocycles. The summed E-state index contributed by atoms with van der Waals surface area (Å²) >= 11 is 0. The minimum atomic E-state index is -2.24. The molecule has 2 heterocycles. The van der Waals surface area contributed by atoms with E-state index < -0.39 is 74.6 Å². The first kappa shape index (κ1) is 23.8. The van der Waals surface area contributed by atoms with E-state index >= 15 is 0 Å². The molecule has 12 nitrogen and oxygen atoms in total. The second-order valence-corrected chi connectivity index (χ2v) is 5.67. The number of aliphatic hydroxyl groups is 7. The van der Waals surface area contributed by atoms with E-state index in [1.165, 1.54) is 0 Å². The normalized spacial score (nSPS) is 47.5. The summed E-state index contributed by atoms with van der Waals surface area (Å²) in [5.74, 6) is -2.24. The van der Waals surface area contributed by atoms with E-state index in [2.05, 4.69) is 4.89 Å². The van der Waals surface area contributed by atoms with Gasteiger partial charge in [0.2, 0.25) is 5.79 Å². The molecular formula is C12H24CaO12. The first-order chi connectivity index (χ1) is 11.3. The quantitative estimate of drug-likeness (QED) is 0.120. The number of hydrogen-bond acceptors (Lipinski definition) is 12. The molecule has 2 fully saturated rings. The minimum Gasteiger partial charge on any atom is -1.00 e. The van der Waals surface area contributed by atoms with E-state index in [1.54, 1.807) is 0 Å². The van der Waals surface area contributed by atoms with Crippen LogP contribution in [0.25, 0.3) is 0 Å². The molecule has 2 aliphatic heterocycles. The third-order valence-electron chi connectivity index (χ3n) is 4.13. The van der Waals surface area contributed by atoms with Crippen LogP contribution >= 0.6 is 0 Å². The van der Waals surface area contributed by atoms with Crippen molar-refractivity contribution < 1.29 is 63.0 Å². The summed E-state index contributed by atoms with van der Waals surface area (Å²) in [5, 5.41) is 76.3. The zero-order chi connectivity index (χ0) is 18.1. The van der Waals surface area contributed by atoms with E-state index in [-0.39, 0.29) is 40.6 Å². The van der Waals surface area contributed by atoms with Gasteiger partial charge in [-0.05, 0) is 0 Å². The van der Waals surface area contributed by atoms with Gasteiger partial charge in [-0.25, -0.2) is 4.89 Å². The molecule has 0 radical (unpaired) electrons. The van der Waals surface area contributed by atoms with Crippen molar-refractivity contribution >= 4 is 37.7 Å². The molecule has 0 bridgehead atoms. The van der Waals surface area contributed by atoms with Crippen LogP contribution in [0.4, 0.5) is 0 Å². The monoisotopic (exact) mass is 400 g/mol. The van der Waals surface area contributed by atoms with Crippen LogP contribution in [0.1, 0.15) is 2.85 Å². The second kappa shape index (κ2) is 9.82. The zero-order valence-corrected chi connectivity index (χ0v) is 15.4. The molecule has 0 aromatic heterocycles. The van der Waals surface area contributed by atoms with Crippen LogP contribution in [-0.2, 0) is 19.1 Å². The Morgan fingerprint density at radius 3 is 2.04 bits per heavy atom. The minimum absolute atomic E-state index is 0. The Balaban J connectivity index is 0. The third kappa shape index (κ3) is 4.62. The van der Waals surface area contributed by atoms with Crippen LogP contribution in [0.15, 0.2) is 0 Å². The van der Waals surface area contributed by atoms with Crippen LogP contribution in [0, 0.1) is 0 Å². The maximum Gasteiger partial charge on any atom is 2.00 e. The molecule has 146 valence electrons. The standard InChI is InChI=1S/C12H22O12.Ca.2H/c13-1-4-7(16)10(19)12(3-14,23-4)24-11-9(18)8(17)6(15)5(22-11)2-21-20;;;/h4-11,13-20H,1-3H2;;;/q;+2;2*-1/t4-,5-,6-,7-,8+,9-,10+,11-,12+;;;/m1.../s1.